The van der Waals surface area contributed by atoms with E-state index in [1.165, 1.54) is 31.5 Å². The molecule has 44 heavy (non-hydrogen) atoms. The largest absolute Gasteiger partial charge is 0.491 e. The van der Waals surface area contributed by atoms with Crippen molar-refractivity contribution in [1.82, 2.24) is 19.8 Å². The lowest BCUT2D eigenvalue weighted by Gasteiger charge is -2.39. The predicted molar refractivity (Wildman–Crippen MR) is 164 cm³/mol. The number of anilines is 3. The first-order chi connectivity index (χ1) is 21.2. The van der Waals surface area contributed by atoms with E-state index in [0.29, 0.717) is 66.0 Å². The third kappa shape index (κ3) is 7.80. The van der Waals surface area contributed by atoms with Gasteiger partial charge in [-0.05, 0) is 49.9 Å². The summed E-state index contributed by atoms with van der Waals surface area (Å²) in [6.45, 7) is 5.45. The van der Waals surface area contributed by atoms with E-state index >= 15 is 0 Å². The molecule has 232 valence electrons. The minimum Gasteiger partial charge on any atom is -0.491 e. The maximum Gasteiger partial charge on any atom is 0.325 e. The molecule has 1 unspecified atom stereocenters. The number of amides is 2. The summed E-state index contributed by atoms with van der Waals surface area (Å²) in [6.07, 6.45) is 6.67. The van der Waals surface area contributed by atoms with Crippen LogP contribution in [0.2, 0.25) is 5.02 Å². The van der Waals surface area contributed by atoms with Crippen molar-refractivity contribution >= 4 is 57.5 Å². The second-order valence-electron chi connectivity index (χ2n) is 10.7. The minimum atomic E-state index is -0.620. The van der Waals surface area contributed by atoms with Crippen LogP contribution in [0.5, 0.6) is 5.75 Å². The van der Waals surface area contributed by atoms with Crippen molar-refractivity contribution in [2.24, 2.45) is 5.92 Å². The Kier molecular flexibility index (Phi) is 9.91. The molecule has 1 saturated heterocycles. The summed E-state index contributed by atoms with van der Waals surface area (Å²) in [6, 6.07) is 7.12. The van der Waals surface area contributed by atoms with Gasteiger partial charge >= 0.3 is 5.97 Å². The second kappa shape index (κ2) is 14.0. The van der Waals surface area contributed by atoms with Crippen LogP contribution in [0, 0.1) is 11.7 Å². The molecular formula is C31H34ClFN6O5. The quantitative estimate of drug-likeness (QED) is 0.233. The maximum absolute atomic E-state index is 13.7. The predicted octanol–water partition coefficient (Wildman–Crippen LogP) is 4.55. The number of nitrogens with one attached hydrogen (secondary N) is 2. The SMILES string of the molecule is CCOC(=O)C1CN(C(C)=O)CCN1CC=CC(=O)Nc1cc2c(Nc3ccc(F)c(Cl)c3)ncnc2cc1OCC1CC1. The summed E-state index contributed by atoms with van der Waals surface area (Å²) in [5.74, 6) is -0.0395. The van der Waals surface area contributed by atoms with Gasteiger partial charge in [-0.25, -0.2) is 14.4 Å². The van der Waals surface area contributed by atoms with Crippen LogP contribution < -0.4 is 15.4 Å². The smallest absolute Gasteiger partial charge is 0.325 e. The molecule has 1 aliphatic carbocycles. The molecule has 2 aliphatic rings. The summed E-state index contributed by atoms with van der Waals surface area (Å²) in [5, 5.41) is 6.62. The van der Waals surface area contributed by atoms with Crippen LogP contribution >= 0.6 is 11.6 Å². The molecule has 2 amide bonds. The van der Waals surface area contributed by atoms with Gasteiger partial charge in [0.25, 0.3) is 0 Å². The molecule has 5 rings (SSSR count). The van der Waals surface area contributed by atoms with Gasteiger partial charge in [0, 0.05) is 56.3 Å². The molecule has 1 aromatic heterocycles. The van der Waals surface area contributed by atoms with Gasteiger partial charge in [0.15, 0.2) is 0 Å². The van der Waals surface area contributed by atoms with Crippen molar-refractivity contribution < 1.29 is 28.2 Å². The van der Waals surface area contributed by atoms with Crippen molar-refractivity contribution in [3.05, 3.63) is 59.7 Å². The lowest BCUT2D eigenvalue weighted by atomic mass is 10.1. The highest BCUT2D eigenvalue weighted by Gasteiger charge is 2.33. The number of carbonyl (C=O) groups is 3. The Hall–Kier alpha value is -4.29. The molecule has 2 N–H and O–H groups in total. The second-order valence-corrected chi connectivity index (χ2v) is 11.1. The van der Waals surface area contributed by atoms with Crippen molar-refractivity contribution in [3.8, 4) is 5.75 Å². The first-order valence-electron chi connectivity index (χ1n) is 14.5. The molecule has 3 aromatic rings. The molecular weight excluding hydrogens is 591 g/mol. The highest BCUT2D eigenvalue weighted by atomic mass is 35.5. The highest BCUT2D eigenvalue weighted by Crippen LogP contribution is 2.36. The number of benzene rings is 2. The van der Waals surface area contributed by atoms with Gasteiger partial charge in [-0.1, -0.05) is 17.7 Å². The van der Waals surface area contributed by atoms with Crippen molar-refractivity contribution in [3.63, 3.8) is 0 Å². The molecule has 1 aliphatic heterocycles. The number of piperazine rings is 1. The standard InChI is InChI=1S/C31H34ClFN6O5/c1-3-43-31(42)27-16-39(19(2)40)12-11-38(27)10-4-5-29(41)37-26-14-22-25(15-28(26)44-17-20-6-7-20)34-18-35-30(22)36-21-8-9-24(33)23(32)13-21/h4-5,8-9,13-15,18,20,27H,3,6-7,10-12,16-17H2,1-2H3,(H,37,41)(H,34,35,36). The number of hydrogen-bond donors (Lipinski definition) is 2. The highest BCUT2D eigenvalue weighted by molar-refractivity contribution is 6.31. The van der Waals surface area contributed by atoms with E-state index in [2.05, 4.69) is 20.6 Å². The number of carbonyl (C=O) groups excluding carboxylic acids is 3. The van der Waals surface area contributed by atoms with E-state index in [9.17, 15) is 18.8 Å². The zero-order valence-electron chi connectivity index (χ0n) is 24.5. The van der Waals surface area contributed by atoms with E-state index < -0.39 is 23.7 Å². The van der Waals surface area contributed by atoms with Gasteiger partial charge in [-0.15, -0.1) is 0 Å². The molecule has 1 saturated carbocycles. The van der Waals surface area contributed by atoms with Crippen LogP contribution in [-0.4, -0.2) is 83.0 Å². The third-order valence-corrected chi connectivity index (χ3v) is 7.74. The normalized spacial score (nSPS) is 17.1. The van der Waals surface area contributed by atoms with Crippen molar-refractivity contribution in [2.75, 3.05) is 50.0 Å². The first-order valence-corrected chi connectivity index (χ1v) is 14.9. The van der Waals surface area contributed by atoms with E-state index in [-0.39, 0.29) is 24.1 Å². The van der Waals surface area contributed by atoms with Gasteiger partial charge in [0.05, 0.1) is 29.4 Å². The van der Waals surface area contributed by atoms with Gasteiger partial charge in [-0.3, -0.25) is 19.3 Å². The summed E-state index contributed by atoms with van der Waals surface area (Å²) in [5.41, 5.74) is 1.55. The fourth-order valence-electron chi connectivity index (χ4n) is 4.86. The molecule has 0 bridgehead atoms. The van der Waals surface area contributed by atoms with E-state index in [1.807, 2.05) is 4.90 Å². The van der Waals surface area contributed by atoms with Crippen LogP contribution in [0.15, 0.2) is 48.8 Å². The summed E-state index contributed by atoms with van der Waals surface area (Å²) in [7, 11) is 0. The molecule has 11 nitrogen and oxygen atoms in total. The van der Waals surface area contributed by atoms with Crippen LogP contribution in [-0.2, 0) is 19.1 Å². The molecule has 13 heteroatoms. The maximum atomic E-state index is 13.7. The topological polar surface area (TPSA) is 126 Å². The fraction of sp³-hybridized carbons (Fsp3) is 0.387. The zero-order chi connectivity index (χ0) is 31.2. The van der Waals surface area contributed by atoms with E-state index in [1.54, 1.807) is 36.1 Å². The Labute approximate surface area is 259 Å². The first kappa shape index (κ1) is 31.1. The van der Waals surface area contributed by atoms with E-state index in [0.717, 1.165) is 12.8 Å². The number of rotatable bonds is 11. The van der Waals surface area contributed by atoms with E-state index in [4.69, 9.17) is 21.1 Å². The van der Waals surface area contributed by atoms with Crippen molar-refractivity contribution in [1.29, 1.82) is 0 Å². The Balaban J connectivity index is 1.33. The van der Waals surface area contributed by atoms with Crippen LogP contribution in [0.1, 0.15) is 26.7 Å². The monoisotopic (exact) mass is 624 g/mol. The molecule has 2 heterocycles. The Morgan fingerprint density at radius 1 is 1.16 bits per heavy atom. The number of halogens is 2. The van der Waals surface area contributed by atoms with Crippen LogP contribution in [0.4, 0.5) is 21.6 Å². The van der Waals surface area contributed by atoms with Gasteiger partial charge in [0.2, 0.25) is 11.8 Å². The Morgan fingerprint density at radius 3 is 2.70 bits per heavy atom. The summed E-state index contributed by atoms with van der Waals surface area (Å²) >= 11 is 5.95. The number of nitrogens with zero attached hydrogens (tertiary/aromatic N) is 4. The minimum absolute atomic E-state index is 0.0295. The molecule has 1 atom stereocenters. The fourth-order valence-corrected chi connectivity index (χ4v) is 5.04. The molecule has 2 aromatic carbocycles. The molecule has 2 fully saturated rings. The lowest BCUT2D eigenvalue weighted by Crippen LogP contribution is -2.57. The summed E-state index contributed by atoms with van der Waals surface area (Å²) in [4.78, 5) is 49.8. The number of hydrogen-bond acceptors (Lipinski definition) is 9. The zero-order valence-corrected chi connectivity index (χ0v) is 25.3. The number of aromatic nitrogens is 2. The Morgan fingerprint density at radius 2 is 1.98 bits per heavy atom. The van der Waals surface area contributed by atoms with Crippen LogP contribution in [0.25, 0.3) is 10.9 Å². The lowest BCUT2D eigenvalue weighted by molar-refractivity contribution is -0.153. The average molecular weight is 625 g/mol. The van der Waals surface area contributed by atoms with Crippen molar-refractivity contribution in [2.45, 2.75) is 32.7 Å². The third-order valence-electron chi connectivity index (χ3n) is 7.45. The number of ether oxygens (including phenoxy) is 2. The van der Waals surface area contributed by atoms with Crippen LogP contribution in [0.3, 0.4) is 0 Å². The Bertz CT molecular complexity index is 1580. The molecule has 0 spiro atoms. The van der Waals surface area contributed by atoms with Gasteiger partial charge in [0.1, 0.15) is 29.8 Å². The number of fused-ring (bicyclic) bond motifs is 1. The van der Waals surface area contributed by atoms with Gasteiger partial charge < -0.3 is 25.0 Å². The molecule has 0 radical (unpaired) electrons. The summed E-state index contributed by atoms with van der Waals surface area (Å²) < 4.78 is 25.0. The number of esters is 1. The average Bonchev–Trinajstić information content (AvgIpc) is 3.83. The van der Waals surface area contributed by atoms with Gasteiger partial charge in [-0.2, -0.15) is 0 Å².